The van der Waals surface area contributed by atoms with Crippen molar-refractivity contribution in [3.8, 4) is 0 Å². The van der Waals surface area contributed by atoms with E-state index in [2.05, 4.69) is 28.5 Å². The highest BCUT2D eigenvalue weighted by atomic mass is 35.5. The Labute approximate surface area is 123 Å². The highest BCUT2D eigenvalue weighted by molar-refractivity contribution is 7.18. The fourth-order valence-corrected chi connectivity index (χ4v) is 4.29. The van der Waals surface area contributed by atoms with E-state index in [-0.39, 0.29) is 0 Å². The van der Waals surface area contributed by atoms with Gasteiger partial charge < -0.3 is 5.32 Å². The van der Waals surface area contributed by atoms with E-state index < -0.39 is 0 Å². The van der Waals surface area contributed by atoms with Gasteiger partial charge in [0.25, 0.3) is 0 Å². The van der Waals surface area contributed by atoms with Crippen LogP contribution in [0, 0.1) is 11.8 Å². The Kier molecular flexibility index (Phi) is 4.36. The van der Waals surface area contributed by atoms with Gasteiger partial charge in [0.2, 0.25) is 0 Å². The van der Waals surface area contributed by atoms with Crippen molar-refractivity contribution in [2.24, 2.45) is 11.8 Å². The Morgan fingerprint density at radius 1 is 1.26 bits per heavy atom. The third kappa shape index (κ3) is 3.10. The molecule has 2 aromatic rings. The van der Waals surface area contributed by atoms with Crippen LogP contribution in [0.1, 0.15) is 24.3 Å². The summed E-state index contributed by atoms with van der Waals surface area (Å²) in [7, 11) is 0. The van der Waals surface area contributed by atoms with E-state index in [0.717, 1.165) is 30.4 Å². The molecule has 4 heteroatoms. The Morgan fingerprint density at radius 2 is 2.11 bits per heavy atom. The normalized spacial score (nSPS) is 23.2. The lowest BCUT2D eigenvalue weighted by molar-refractivity contribution is 0.395. The number of hydrogen-bond donors (Lipinski definition) is 1. The van der Waals surface area contributed by atoms with Crippen LogP contribution in [0.15, 0.2) is 24.3 Å². The predicted octanol–water partition coefficient (Wildman–Crippen LogP) is 4.04. The zero-order valence-electron chi connectivity index (χ0n) is 10.9. The van der Waals surface area contributed by atoms with E-state index in [9.17, 15) is 0 Å². The van der Waals surface area contributed by atoms with Crippen LogP contribution in [0.4, 0.5) is 0 Å². The van der Waals surface area contributed by atoms with E-state index in [1.54, 1.807) is 11.3 Å². The number of alkyl halides is 1. The summed E-state index contributed by atoms with van der Waals surface area (Å²) in [5.74, 6) is 2.28. The second-order valence-electron chi connectivity index (χ2n) is 5.31. The monoisotopic (exact) mass is 294 g/mol. The fourth-order valence-electron chi connectivity index (χ4n) is 2.95. The molecule has 2 nitrogen and oxygen atoms in total. The average molecular weight is 295 g/mol. The van der Waals surface area contributed by atoms with Gasteiger partial charge in [-0.15, -0.1) is 22.9 Å². The Hall–Kier alpha value is -0.640. The number of fused-ring (bicyclic) bond motifs is 1. The van der Waals surface area contributed by atoms with E-state index in [1.165, 1.54) is 29.0 Å². The van der Waals surface area contributed by atoms with Crippen LogP contribution < -0.4 is 5.32 Å². The van der Waals surface area contributed by atoms with Gasteiger partial charge in [0.1, 0.15) is 5.01 Å². The fraction of sp³-hybridized carbons (Fsp3) is 0.533. The molecule has 1 aliphatic carbocycles. The van der Waals surface area contributed by atoms with Crippen molar-refractivity contribution >= 4 is 33.2 Å². The number of benzene rings is 1. The molecular formula is C15H19ClN2S. The largest absolute Gasteiger partial charge is 0.310 e. The molecule has 0 saturated heterocycles. The van der Waals surface area contributed by atoms with Crippen LogP contribution >= 0.6 is 22.9 Å². The van der Waals surface area contributed by atoms with Gasteiger partial charge in [-0.25, -0.2) is 4.98 Å². The van der Waals surface area contributed by atoms with Crippen molar-refractivity contribution in [3.63, 3.8) is 0 Å². The summed E-state index contributed by atoms with van der Waals surface area (Å²) >= 11 is 7.80. The third-order valence-electron chi connectivity index (χ3n) is 4.04. The summed E-state index contributed by atoms with van der Waals surface area (Å²) in [5, 5.41) is 4.74. The van der Waals surface area contributed by atoms with Gasteiger partial charge in [0.15, 0.2) is 0 Å². The molecule has 1 N–H and O–H groups in total. The number of nitrogens with one attached hydrogen (secondary N) is 1. The molecule has 1 aliphatic rings. The highest BCUT2D eigenvalue weighted by Gasteiger charge is 2.25. The molecule has 0 bridgehead atoms. The molecule has 1 aromatic carbocycles. The highest BCUT2D eigenvalue weighted by Crippen LogP contribution is 2.32. The molecule has 0 radical (unpaired) electrons. The summed E-state index contributed by atoms with van der Waals surface area (Å²) in [4.78, 5) is 4.65. The maximum absolute atomic E-state index is 6.01. The van der Waals surface area contributed by atoms with Gasteiger partial charge in [-0.3, -0.25) is 0 Å². The molecule has 1 heterocycles. The van der Waals surface area contributed by atoms with Crippen molar-refractivity contribution in [1.29, 1.82) is 0 Å². The average Bonchev–Trinajstić information content (AvgIpc) is 3.04. The molecule has 2 unspecified atom stereocenters. The quantitative estimate of drug-likeness (QED) is 0.842. The summed E-state index contributed by atoms with van der Waals surface area (Å²) in [5.41, 5.74) is 1.11. The Balaban J connectivity index is 1.54. The molecule has 0 spiro atoms. The molecule has 1 aromatic heterocycles. The Bertz CT molecular complexity index is 507. The second-order valence-corrected chi connectivity index (χ2v) is 6.74. The number of rotatable bonds is 5. The van der Waals surface area contributed by atoms with Gasteiger partial charge in [-0.05, 0) is 43.4 Å². The lowest BCUT2D eigenvalue weighted by Crippen LogP contribution is -2.25. The second kappa shape index (κ2) is 6.21. The van der Waals surface area contributed by atoms with Crippen LogP contribution in [0.25, 0.3) is 10.2 Å². The number of thiazole rings is 1. The van der Waals surface area contributed by atoms with Crippen molar-refractivity contribution in [1.82, 2.24) is 10.3 Å². The smallest absolute Gasteiger partial charge is 0.108 e. The molecule has 1 fully saturated rings. The predicted molar refractivity (Wildman–Crippen MR) is 82.9 cm³/mol. The van der Waals surface area contributed by atoms with Gasteiger partial charge in [-0.2, -0.15) is 0 Å². The van der Waals surface area contributed by atoms with E-state index >= 15 is 0 Å². The molecule has 3 rings (SSSR count). The van der Waals surface area contributed by atoms with Gasteiger partial charge in [0, 0.05) is 12.4 Å². The van der Waals surface area contributed by atoms with Crippen molar-refractivity contribution in [3.05, 3.63) is 29.3 Å². The zero-order chi connectivity index (χ0) is 13.1. The van der Waals surface area contributed by atoms with Crippen molar-refractivity contribution in [2.45, 2.75) is 25.8 Å². The molecule has 102 valence electrons. The Morgan fingerprint density at radius 3 is 2.95 bits per heavy atom. The van der Waals surface area contributed by atoms with Crippen LogP contribution in [0.3, 0.4) is 0 Å². The lowest BCUT2D eigenvalue weighted by atomic mass is 9.98. The number of halogens is 1. The minimum Gasteiger partial charge on any atom is -0.310 e. The SMILES string of the molecule is ClCC1CCCC1CNCc1nc2ccccc2s1. The zero-order valence-corrected chi connectivity index (χ0v) is 12.5. The van der Waals surface area contributed by atoms with Crippen molar-refractivity contribution in [2.75, 3.05) is 12.4 Å². The number of hydrogen-bond acceptors (Lipinski definition) is 3. The molecule has 0 amide bonds. The van der Waals surface area contributed by atoms with Gasteiger partial charge >= 0.3 is 0 Å². The first kappa shape index (κ1) is 13.3. The first-order valence-electron chi connectivity index (χ1n) is 6.98. The summed E-state index contributed by atoms with van der Waals surface area (Å²) in [6, 6.07) is 8.33. The topological polar surface area (TPSA) is 24.9 Å². The third-order valence-corrected chi connectivity index (χ3v) is 5.47. The van der Waals surface area contributed by atoms with Crippen molar-refractivity contribution < 1.29 is 0 Å². The van der Waals surface area contributed by atoms with Crippen LogP contribution in [0.5, 0.6) is 0 Å². The van der Waals surface area contributed by atoms with Crippen LogP contribution in [-0.4, -0.2) is 17.4 Å². The maximum atomic E-state index is 6.01. The van der Waals surface area contributed by atoms with Crippen LogP contribution in [0.2, 0.25) is 0 Å². The van der Waals surface area contributed by atoms with E-state index in [0.29, 0.717) is 5.92 Å². The molecule has 2 atom stereocenters. The molecule has 19 heavy (non-hydrogen) atoms. The number of aromatic nitrogens is 1. The first-order valence-corrected chi connectivity index (χ1v) is 8.33. The lowest BCUT2D eigenvalue weighted by Gasteiger charge is -2.17. The summed E-state index contributed by atoms with van der Waals surface area (Å²) in [6.07, 6.45) is 3.96. The minimum atomic E-state index is 0.713. The molecule has 0 aliphatic heterocycles. The number of nitrogens with zero attached hydrogens (tertiary/aromatic N) is 1. The van der Waals surface area contributed by atoms with Gasteiger partial charge in [-0.1, -0.05) is 18.6 Å². The van der Waals surface area contributed by atoms with E-state index in [1.807, 2.05) is 6.07 Å². The van der Waals surface area contributed by atoms with E-state index in [4.69, 9.17) is 11.6 Å². The summed E-state index contributed by atoms with van der Waals surface area (Å²) < 4.78 is 1.28. The molecular weight excluding hydrogens is 276 g/mol. The number of para-hydroxylation sites is 1. The van der Waals surface area contributed by atoms with Crippen LogP contribution in [-0.2, 0) is 6.54 Å². The maximum Gasteiger partial charge on any atom is 0.108 e. The molecule has 1 saturated carbocycles. The first-order chi connectivity index (χ1) is 9.36. The standard InChI is InChI=1S/C15H19ClN2S/c16-8-11-4-3-5-12(11)9-17-10-15-18-13-6-1-2-7-14(13)19-15/h1-2,6-7,11-12,17H,3-5,8-10H2. The minimum absolute atomic E-state index is 0.713. The van der Waals surface area contributed by atoms with Gasteiger partial charge in [0.05, 0.1) is 10.2 Å². The summed E-state index contributed by atoms with van der Waals surface area (Å²) in [6.45, 7) is 1.96.